The quantitative estimate of drug-likeness (QED) is 0.0194. The summed E-state index contributed by atoms with van der Waals surface area (Å²) in [5.41, 5.74) is -1.76. The van der Waals surface area contributed by atoms with E-state index in [4.69, 9.17) is 42.6 Å². The molecule has 63 heavy (non-hydrogen) atoms. The number of hydrogen-bond acceptors (Lipinski definition) is 20. The van der Waals surface area contributed by atoms with E-state index in [1.165, 1.54) is 0 Å². The highest BCUT2D eigenvalue weighted by atomic mass is 32.2. The van der Waals surface area contributed by atoms with Crippen molar-refractivity contribution >= 4 is 98.4 Å². The largest absolute Gasteiger partial charge is 0.396 e. The zero-order chi connectivity index (χ0) is 46.3. The second kappa shape index (κ2) is 49.3. The van der Waals surface area contributed by atoms with Crippen LogP contribution in [0.2, 0.25) is 0 Å². The molecule has 0 aliphatic carbocycles. The van der Waals surface area contributed by atoms with Gasteiger partial charge in [-0.15, -0.1) is 0 Å². The third-order valence-corrected chi connectivity index (χ3v) is 14.6. The maximum atomic E-state index is 10.5. The van der Waals surface area contributed by atoms with Crippen molar-refractivity contribution in [2.75, 3.05) is 196 Å². The number of thioether (sulfide) groups is 3. The number of aliphatic hydroxyl groups is 3. The van der Waals surface area contributed by atoms with E-state index >= 15 is 0 Å². The summed E-state index contributed by atoms with van der Waals surface area (Å²) >= 11 is 26.9. The molecule has 0 radical (unpaired) electrons. The summed E-state index contributed by atoms with van der Waals surface area (Å²) in [6.45, 7) is 8.70. The van der Waals surface area contributed by atoms with Crippen molar-refractivity contribution in [2.24, 2.45) is 16.2 Å². The molecule has 0 amide bonds. The first-order chi connectivity index (χ1) is 30.9. The minimum absolute atomic E-state index is 0.0546. The molecule has 3 N–H and O–H groups in total. The first-order valence-electron chi connectivity index (χ1n) is 22.7. The Kier molecular flexibility index (Phi) is 51.1. The molecule has 0 aliphatic heterocycles. The van der Waals surface area contributed by atoms with Crippen LogP contribution in [0, 0.1) is 16.2 Å². The fraction of sp³-hybridized carbons (Fsp3) is 1.00. The van der Waals surface area contributed by atoms with Crippen LogP contribution in [0.1, 0.15) is 57.8 Å². The molecule has 0 fully saturated rings. The summed E-state index contributed by atoms with van der Waals surface area (Å²) in [6.07, 6.45) is 7.96. The predicted octanol–water partition coefficient (Wildman–Crippen LogP) is 6.39. The lowest BCUT2D eigenvalue weighted by molar-refractivity contribution is -0.0924. The second-order valence-corrected chi connectivity index (χ2v) is 21.8. The number of thiol groups is 5. The van der Waals surface area contributed by atoms with Crippen molar-refractivity contribution in [1.82, 2.24) is 0 Å². The molecule has 1 atom stereocenters. The van der Waals surface area contributed by atoms with Crippen molar-refractivity contribution in [3.8, 4) is 0 Å². The molecule has 0 heterocycles. The van der Waals surface area contributed by atoms with Gasteiger partial charge in [0.2, 0.25) is 0 Å². The summed E-state index contributed by atoms with van der Waals surface area (Å²) in [5, 5.41) is 31.9. The number of ether oxygens (including phenoxy) is 9. The topological polar surface area (TPSA) is 144 Å². The van der Waals surface area contributed by atoms with Crippen LogP contribution in [0.4, 0.5) is 0 Å². The van der Waals surface area contributed by atoms with Crippen LogP contribution < -0.4 is 0 Å². The van der Waals surface area contributed by atoms with Crippen LogP contribution in [-0.2, 0) is 42.6 Å². The highest BCUT2D eigenvalue weighted by molar-refractivity contribution is 8.15. The zero-order valence-electron chi connectivity index (χ0n) is 38.3. The van der Waals surface area contributed by atoms with E-state index in [-0.39, 0.29) is 19.8 Å². The van der Waals surface area contributed by atoms with Crippen molar-refractivity contribution in [3.05, 3.63) is 0 Å². The molecule has 0 rings (SSSR count). The van der Waals surface area contributed by atoms with Crippen LogP contribution in [0.25, 0.3) is 0 Å². The molecule has 0 bridgehead atoms. The Labute approximate surface area is 423 Å². The molecule has 0 saturated heterocycles. The molecule has 0 spiro atoms. The van der Waals surface area contributed by atoms with Gasteiger partial charge in [-0.2, -0.15) is 98.4 Å². The van der Waals surface area contributed by atoms with E-state index in [1.54, 1.807) is 0 Å². The van der Waals surface area contributed by atoms with Gasteiger partial charge in [0, 0.05) is 64.5 Å². The third kappa shape index (κ3) is 38.7. The van der Waals surface area contributed by atoms with Crippen molar-refractivity contribution < 1.29 is 58.0 Å². The molecule has 0 aromatic rings. The van der Waals surface area contributed by atoms with Crippen LogP contribution in [0.15, 0.2) is 0 Å². The lowest BCUT2D eigenvalue weighted by Gasteiger charge is -2.31. The third-order valence-electron chi connectivity index (χ3n) is 9.39. The van der Waals surface area contributed by atoms with E-state index in [0.29, 0.717) is 119 Å². The first-order valence-corrected chi connectivity index (χ1v) is 29.3. The van der Waals surface area contributed by atoms with E-state index in [1.807, 2.05) is 35.3 Å². The molecule has 0 aliphatic rings. The van der Waals surface area contributed by atoms with Crippen LogP contribution >= 0.6 is 98.4 Å². The van der Waals surface area contributed by atoms with Crippen molar-refractivity contribution in [1.29, 1.82) is 0 Å². The summed E-state index contributed by atoms with van der Waals surface area (Å²) < 4.78 is 53.4. The number of aliphatic hydroxyl groups excluding tert-OH is 3. The van der Waals surface area contributed by atoms with Crippen LogP contribution in [0.5, 0.6) is 0 Å². The molecule has 0 aromatic carbocycles. The minimum atomic E-state index is -0.611. The molecule has 380 valence electrons. The monoisotopic (exact) mass is 1050 g/mol. The predicted molar refractivity (Wildman–Crippen MR) is 284 cm³/mol. The van der Waals surface area contributed by atoms with Gasteiger partial charge in [-0.05, 0) is 110 Å². The molecule has 0 aromatic heterocycles. The smallest absolute Gasteiger partial charge is 0.0635 e. The zero-order valence-corrected chi connectivity index (χ0v) is 45.2. The standard InChI is InChI=1S/C43H88O12S8/c44-28-41(31-47-10-1-19-56,32-48-11-2-20-57)36-52-15-6-24-61-25-7-16-53-38-43(30-46,35-51-14-5-23-60)39-55-18-9-27-63-40-62-26-8-17-54-37-42(29-45,33-49-12-3-21-58)34-50-13-4-22-59/h44-46,56-60H,1-40H2. The maximum absolute atomic E-state index is 10.5. The van der Waals surface area contributed by atoms with Gasteiger partial charge in [0.25, 0.3) is 0 Å². The van der Waals surface area contributed by atoms with Gasteiger partial charge in [0.1, 0.15) is 0 Å². The highest BCUT2D eigenvalue weighted by Crippen LogP contribution is 2.23. The molecular weight excluding hydrogens is 965 g/mol. The minimum Gasteiger partial charge on any atom is -0.396 e. The average Bonchev–Trinajstić information content (AvgIpc) is 3.30. The van der Waals surface area contributed by atoms with Crippen molar-refractivity contribution in [3.63, 3.8) is 0 Å². The van der Waals surface area contributed by atoms with Gasteiger partial charge in [-0.3, -0.25) is 0 Å². The fourth-order valence-electron chi connectivity index (χ4n) is 5.55. The molecule has 0 saturated carbocycles. The van der Waals surface area contributed by atoms with E-state index in [9.17, 15) is 15.3 Å². The Hall–Kier alpha value is 2.32. The molecule has 12 nitrogen and oxygen atoms in total. The van der Waals surface area contributed by atoms with Gasteiger partial charge < -0.3 is 58.0 Å². The number of hydrogen-bond donors (Lipinski definition) is 8. The van der Waals surface area contributed by atoms with Crippen LogP contribution in [-0.4, -0.2) is 211 Å². The highest BCUT2D eigenvalue weighted by Gasteiger charge is 2.33. The van der Waals surface area contributed by atoms with Gasteiger partial charge in [0.15, 0.2) is 0 Å². The van der Waals surface area contributed by atoms with E-state index in [2.05, 4.69) is 63.1 Å². The SMILES string of the molecule is OCC(COCCCS)(COCCCS)COCCCSCCCOCC(CO)(COCCCS)COCCCSCSCCCOCC(CO)(COCCCS)COCCCS. The maximum Gasteiger partial charge on any atom is 0.0635 e. The van der Waals surface area contributed by atoms with Gasteiger partial charge >= 0.3 is 0 Å². The van der Waals surface area contributed by atoms with E-state index in [0.717, 1.165) is 115 Å². The molecular formula is C43H88O12S8. The Morgan fingerprint density at radius 3 is 0.667 bits per heavy atom. The van der Waals surface area contributed by atoms with Crippen molar-refractivity contribution in [2.45, 2.75) is 57.8 Å². The normalized spacial score (nSPS) is 13.3. The Morgan fingerprint density at radius 1 is 0.286 bits per heavy atom. The second-order valence-electron chi connectivity index (χ2n) is 15.8. The Morgan fingerprint density at radius 2 is 0.476 bits per heavy atom. The Bertz CT molecular complexity index is 906. The van der Waals surface area contributed by atoms with Gasteiger partial charge in [-0.25, -0.2) is 0 Å². The van der Waals surface area contributed by atoms with Gasteiger partial charge in [-0.1, -0.05) is 0 Å². The fourth-order valence-corrected chi connectivity index (χ4v) is 9.10. The lowest BCUT2D eigenvalue weighted by atomic mass is 9.92. The van der Waals surface area contributed by atoms with Crippen LogP contribution in [0.3, 0.4) is 0 Å². The van der Waals surface area contributed by atoms with E-state index < -0.39 is 16.2 Å². The Balaban J connectivity index is 4.37. The summed E-state index contributed by atoms with van der Waals surface area (Å²) in [5.74, 6) is 7.73. The lowest BCUT2D eigenvalue weighted by Crippen LogP contribution is -2.41. The summed E-state index contributed by atoms with van der Waals surface area (Å²) in [6, 6.07) is 0. The number of rotatable bonds is 54. The molecule has 1 unspecified atom stereocenters. The first kappa shape index (κ1) is 65.3. The van der Waals surface area contributed by atoms with Gasteiger partial charge in [0.05, 0.1) is 95.5 Å². The molecule has 20 heteroatoms. The summed E-state index contributed by atoms with van der Waals surface area (Å²) in [7, 11) is 0. The summed E-state index contributed by atoms with van der Waals surface area (Å²) in [4.78, 5) is 0. The average molecular weight is 1050 g/mol.